The van der Waals surface area contributed by atoms with Crippen molar-refractivity contribution in [1.82, 2.24) is 4.98 Å². The lowest BCUT2D eigenvalue weighted by atomic mass is 10.2. The molecule has 1 aromatic heterocycles. The predicted molar refractivity (Wildman–Crippen MR) is 70.0 cm³/mol. The number of thiazole rings is 1. The van der Waals surface area contributed by atoms with Crippen LogP contribution in [0.4, 0.5) is 0 Å². The number of carbonyl (C=O) groups is 1. The van der Waals surface area contributed by atoms with Crippen molar-refractivity contribution in [2.75, 3.05) is 6.61 Å². The van der Waals surface area contributed by atoms with Gasteiger partial charge in [-0.15, -0.1) is 11.3 Å². The number of carboxylic acids is 1. The second kappa shape index (κ2) is 5.64. The van der Waals surface area contributed by atoms with Gasteiger partial charge in [0.05, 0.1) is 23.7 Å². The Kier molecular flexibility index (Phi) is 3.94. The van der Waals surface area contributed by atoms with Crippen LogP contribution in [0.25, 0.3) is 11.3 Å². The number of aliphatic carboxylic acids is 1. The van der Waals surface area contributed by atoms with Gasteiger partial charge in [-0.1, -0.05) is 12.1 Å². The molecule has 0 saturated carbocycles. The molecule has 0 bridgehead atoms. The van der Waals surface area contributed by atoms with Crippen molar-refractivity contribution in [3.8, 4) is 17.0 Å². The highest BCUT2D eigenvalue weighted by molar-refractivity contribution is 7.09. The fraction of sp³-hybridized carbons (Fsp3) is 0.231. The summed E-state index contributed by atoms with van der Waals surface area (Å²) in [6.45, 7) is 2.14. The highest BCUT2D eigenvalue weighted by Gasteiger charge is 2.04. The number of hydrogen-bond donors (Lipinski definition) is 1. The van der Waals surface area contributed by atoms with Crippen molar-refractivity contribution in [2.45, 2.75) is 13.3 Å². The number of benzene rings is 1. The molecule has 4 nitrogen and oxygen atoms in total. The maximum Gasteiger partial charge on any atom is 0.306 e. The van der Waals surface area contributed by atoms with Gasteiger partial charge < -0.3 is 9.84 Å². The van der Waals surface area contributed by atoms with E-state index in [0.717, 1.165) is 16.3 Å². The largest absolute Gasteiger partial charge is 0.493 e. The number of carboxylic acid groups (broad SMARTS) is 1. The van der Waals surface area contributed by atoms with Gasteiger partial charge in [0.25, 0.3) is 0 Å². The van der Waals surface area contributed by atoms with Crippen LogP contribution in [-0.4, -0.2) is 22.7 Å². The van der Waals surface area contributed by atoms with Crippen molar-refractivity contribution in [3.05, 3.63) is 34.7 Å². The first-order chi connectivity index (χ1) is 8.65. The van der Waals surface area contributed by atoms with Gasteiger partial charge in [-0.05, 0) is 19.1 Å². The van der Waals surface area contributed by atoms with E-state index in [1.807, 2.05) is 36.6 Å². The molecule has 1 heterocycles. The van der Waals surface area contributed by atoms with Gasteiger partial charge >= 0.3 is 5.97 Å². The molecular formula is C13H13NO3S. The summed E-state index contributed by atoms with van der Waals surface area (Å²) in [6.07, 6.45) is 0.0000365. The van der Waals surface area contributed by atoms with Gasteiger partial charge in [0, 0.05) is 10.9 Å². The molecule has 0 aliphatic carbocycles. The zero-order valence-corrected chi connectivity index (χ0v) is 10.7. The van der Waals surface area contributed by atoms with Crippen molar-refractivity contribution in [1.29, 1.82) is 0 Å². The topological polar surface area (TPSA) is 59.4 Å². The molecule has 0 fully saturated rings. The molecule has 0 amide bonds. The van der Waals surface area contributed by atoms with Gasteiger partial charge in [-0.3, -0.25) is 4.79 Å². The lowest BCUT2D eigenvalue weighted by Gasteiger charge is -2.05. The average Bonchev–Trinajstić information content (AvgIpc) is 2.76. The normalized spacial score (nSPS) is 10.3. The molecule has 18 heavy (non-hydrogen) atoms. The number of rotatable bonds is 5. The molecule has 2 aromatic rings. The Balaban J connectivity index is 2.08. The van der Waals surface area contributed by atoms with Crippen LogP contribution < -0.4 is 4.74 Å². The van der Waals surface area contributed by atoms with Gasteiger partial charge in [0.2, 0.25) is 0 Å². The van der Waals surface area contributed by atoms with Gasteiger partial charge in [0.1, 0.15) is 5.75 Å². The van der Waals surface area contributed by atoms with E-state index < -0.39 is 5.97 Å². The summed E-state index contributed by atoms with van der Waals surface area (Å²) in [5, 5.41) is 11.5. The fourth-order valence-corrected chi connectivity index (χ4v) is 2.12. The maximum atomic E-state index is 10.4. The lowest BCUT2D eigenvalue weighted by Crippen LogP contribution is -2.04. The Labute approximate surface area is 109 Å². The Morgan fingerprint density at radius 1 is 1.50 bits per heavy atom. The number of ether oxygens (including phenoxy) is 1. The highest BCUT2D eigenvalue weighted by Crippen LogP contribution is 2.25. The molecule has 0 saturated heterocycles. The SMILES string of the molecule is Cc1nc(-c2cccc(OCCC(=O)O)c2)cs1. The molecule has 0 aliphatic rings. The maximum absolute atomic E-state index is 10.4. The lowest BCUT2D eigenvalue weighted by molar-refractivity contribution is -0.137. The first kappa shape index (κ1) is 12.6. The smallest absolute Gasteiger partial charge is 0.306 e. The third-order valence-corrected chi connectivity index (χ3v) is 3.11. The summed E-state index contributed by atoms with van der Waals surface area (Å²) in [4.78, 5) is 14.8. The van der Waals surface area contributed by atoms with E-state index in [-0.39, 0.29) is 13.0 Å². The summed E-state index contributed by atoms with van der Waals surface area (Å²) in [5.41, 5.74) is 1.90. The second-order valence-corrected chi connectivity index (χ2v) is 4.83. The molecule has 1 aromatic carbocycles. The third-order valence-electron chi connectivity index (χ3n) is 2.33. The fourth-order valence-electron chi connectivity index (χ4n) is 1.50. The number of nitrogens with zero attached hydrogens (tertiary/aromatic N) is 1. The third kappa shape index (κ3) is 3.30. The van der Waals surface area contributed by atoms with Crippen LogP contribution in [0.15, 0.2) is 29.6 Å². The monoisotopic (exact) mass is 263 g/mol. The summed E-state index contributed by atoms with van der Waals surface area (Å²) in [5.74, 6) is -0.194. The van der Waals surface area contributed by atoms with E-state index >= 15 is 0 Å². The molecule has 5 heteroatoms. The van der Waals surface area contributed by atoms with Crippen LogP contribution in [-0.2, 0) is 4.79 Å². The Morgan fingerprint density at radius 3 is 3.00 bits per heavy atom. The standard InChI is InChI=1S/C13H13NO3S/c1-9-14-12(8-18-9)10-3-2-4-11(7-10)17-6-5-13(15)16/h2-4,7-8H,5-6H2,1H3,(H,15,16). The predicted octanol–water partition coefficient (Wildman–Crippen LogP) is 2.97. The molecule has 1 N–H and O–H groups in total. The van der Waals surface area contributed by atoms with Crippen molar-refractivity contribution < 1.29 is 14.6 Å². The summed E-state index contributed by atoms with van der Waals surface area (Å²) >= 11 is 1.60. The Morgan fingerprint density at radius 2 is 2.33 bits per heavy atom. The highest BCUT2D eigenvalue weighted by atomic mass is 32.1. The minimum atomic E-state index is -0.860. The zero-order chi connectivity index (χ0) is 13.0. The zero-order valence-electron chi connectivity index (χ0n) is 9.92. The molecule has 94 valence electrons. The van der Waals surface area contributed by atoms with Gasteiger partial charge in [-0.25, -0.2) is 4.98 Å². The molecular weight excluding hydrogens is 250 g/mol. The van der Waals surface area contributed by atoms with Crippen LogP contribution in [0.1, 0.15) is 11.4 Å². The van der Waals surface area contributed by atoms with Crippen LogP contribution in [0.3, 0.4) is 0 Å². The molecule has 0 unspecified atom stereocenters. The molecule has 0 atom stereocenters. The number of aryl methyl sites for hydroxylation is 1. The van der Waals surface area contributed by atoms with Crippen LogP contribution in [0.2, 0.25) is 0 Å². The van der Waals surface area contributed by atoms with Crippen LogP contribution in [0, 0.1) is 6.92 Å². The molecule has 0 aliphatic heterocycles. The first-order valence-corrected chi connectivity index (χ1v) is 6.40. The average molecular weight is 263 g/mol. The summed E-state index contributed by atoms with van der Waals surface area (Å²) < 4.78 is 5.38. The Bertz CT molecular complexity index is 551. The quantitative estimate of drug-likeness (QED) is 0.901. The summed E-state index contributed by atoms with van der Waals surface area (Å²) in [7, 11) is 0. The van der Waals surface area contributed by atoms with E-state index in [9.17, 15) is 4.79 Å². The minimum Gasteiger partial charge on any atom is -0.493 e. The summed E-state index contributed by atoms with van der Waals surface area (Å²) in [6, 6.07) is 7.51. The van der Waals surface area contributed by atoms with E-state index in [2.05, 4.69) is 4.98 Å². The van der Waals surface area contributed by atoms with Crippen molar-refractivity contribution in [3.63, 3.8) is 0 Å². The van der Waals surface area contributed by atoms with Crippen LogP contribution >= 0.6 is 11.3 Å². The molecule has 0 spiro atoms. The molecule has 0 radical (unpaired) electrons. The second-order valence-electron chi connectivity index (χ2n) is 3.77. The van der Waals surface area contributed by atoms with E-state index in [1.165, 1.54) is 0 Å². The van der Waals surface area contributed by atoms with Crippen LogP contribution in [0.5, 0.6) is 5.75 Å². The van der Waals surface area contributed by atoms with Crippen molar-refractivity contribution >= 4 is 17.3 Å². The van der Waals surface area contributed by atoms with E-state index in [1.54, 1.807) is 11.3 Å². The Hall–Kier alpha value is -1.88. The molecule has 2 rings (SSSR count). The number of hydrogen-bond acceptors (Lipinski definition) is 4. The van der Waals surface area contributed by atoms with E-state index in [4.69, 9.17) is 9.84 Å². The van der Waals surface area contributed by atoms with E-state index in [0.29, 0.717) is 5.75 Å². The van der Waals surface area contributed by atoms with Crippen molar-refractivity contribution in [2.24, 2.45) is 0 Å². The first-order valence-electron chi connectivity index (χ1n) is 5.52. The minimum absolute atomic E-state index is 0.0000365. The van der Waals surface area contributed by atoms with Gasteiger partial charge in [-0.2, -0.15) is 0 Å². The number of aromatic nitrogens is 1. The van der Waals surface area contributed by atoms with Gasteiger partial charge in [0.15, 0.2) is 0 Å².